The lowest BCUT2D eigenvalue weighted by Gasteiger charge is -2.13. The Kier molecular flexibility index (Phi) is 4.38. The Balaban J connectivity index is 2.15. The smallest absolute Gasteiger partial charge is 0.255 e. The average Bonchev–Trinajstić information content (AvgIpc) is 2.72. The highest BCUT2D eigenvalue weighted by atomic mass is 16.5. The maximum Gasteiger partial charge on any atom is 0.255 e. The molecule has 8 heteroatoms. The third-order valence-electron chi connectivity index (χ3n) is 4.72. The lowest BCUT2D eigenvalue weighted by molar-refractivity contribution is 0.0951. The van der Waals surface area contributed by atoms with Gasteiger partial charge in [-0.2, -0.15) is 0 Å². The van der Waals surface area contributed by atoms with Crippen molar-refractivity contribution < 1.29 is 19.4 Å². The van der Waals surface area contributed by atoms with Crippen LogP contribution >= 0.6 is 0 Å². The molecule has 1 heterocycles. The topological polar surface area (TPSA) is 127 Å². The number of nitrogens with one attached hydrogen (secondary N) is 1. The van der Waals surface area contributed by atoms with E-state index in [9.17, 15) is 14.7 Å². The van der Waals surface area contributed by atoms with E-state index in [0.29, 0.717) is 45.2 Å². The molecule has 0 atom stereocenters. The van der Waals surface area contributed by atoms with Gasteiger partial charge in [-0.15, -0.1) is 0 Å². The van der Waals surface area contributed by atoms with Gasteiger partial charge in [0.05, 0.1) is 29.2 Å². The Morgan fingerprint density at radius 3 is 2.41 bits per heavy atom. The van der Waals surface area contributed by atoms with E-state index >= 15 is 0 Å². The normalized spacial score (nSPS) is 11.1. The summed E-state index contributed by atoms with van der Waals surface area (Å²) >= 11 is 0. The molecule has 3 aromatic carbocycles. The summed E-state index contributed by atoms with van der Waals surface area (Å²) in [6.07, 6.45) is 0. The quantitative estimate of drug-likeness (QED) is 0.363. The number of hydrogen-bond donors (Lipinski definition) is 3. The molecule has 0 aliphatic rings. The number of methoxy groups -OCH3 is 1. The highest BCUT2D eigenvalue weighted by molar-refractivity contribution is 6.19. The third kappa shape index (κ3) is 2.85. The van der Waals surface area contributed by atoms with Gasteiger partial charge >= 0.3 is 0 Å². The van der Waals surface area contributed by atoms with Crippen molar-refractivity contribution in [3.63, 3.8) is 0 Å². The van der Waals surface area contributed by atoms with E-state index in [4.69, 9.17) is 10.5 Å². The zero-order valence-electron chi connectivity index (χ0n) is 15.8. The minimum atomic E-state index is -0.815. The Labute approximate surface area is 165 Å². The molecule has 4 aromatic rings. The van der Waals surface area contributed by atoms with Gasteiger partial charge in [-0.25, -0.2) is 9.97 Å². The molecule has 0 spiro atoms. The summed E-state index contributed by atoms with van der Waals surface area (Å²) < 4.78 is 5.36. The van der Waals surface area contributed by atoms with Crippen molar-refractivity contribution in [1.82, 2.24) is 15.3 Å². The molecule has 29 heavy (non-hydrogen) atoms. The van der Waals surface area contributed by atoms with Crippen LogP contribution in [0.3, 0.4) is 0 Å². The summed E-state index contributed by atoms with van der Waals surface area (Å²) in [5, 5.41) is 14.4. The highest BCUT2D eigenvalue weighted by Crippen LogP contribution is 2.37. The zero-order chi connectivity index (χ0) is 20.7. The summed E-state index contributed by atoms with van der Waals surface area (Å²) in [6, 6.07) is 10.2. The predicted molar refractivity (Wildman–Crippen MR) is 109 cm³/mol. The van der Waals surface area contributed by atoms with Crippen LogP contribution in [0, 0.1) is 0 Å². The van der Waals surface area contributed by atoms with Crippen molar-refractivity contribution in [2.75, 3.05) is 13.7 Å². The van der Waals surface area contributed by atoms with Gasteiger partial charge in [-0.05, 0) is 13.0 Å². The molecule has 4 N–H and O–H groups in total. The average molecular weight is 390 g/mol. The van der Waals surface area contributed by atoms with E-state index in [1.54, 1.807) is 36.4 Å². The molecule has 146 valence electrons. The van der Waals surface area contributed by atoms with Gasteiger partial charge < -0.3 is 20.9 Å². The number of nitrogens with zero attached hydrogens (tertiary/aromatic N) is 2. The van der Waals surface area contributed by atoms with E-state index in [1.165, 1.54) is 7.11 Å². The SMILES string of the molecule is CCNC(=O)c1cc2nc3c(C(N)=O)c(O)c4ccccc4c3nc2cc1OC. The number of phenols is 1. The van der Waals surface area contributed by atoms with Gasteiger partial charge in [0.25, 0.3) is 11.8 Å². The number of carbonyl (C=O) groups is 2. The maximum atomic E-state index is 12.4. The van der Waals surface area contributed by atoms with Crippen molar-refractivity contribution in [3.8, 4) is 11.5 Å². The van der Waals surface area contributed by atoms with Crippen LogP contribution in [-0.2, 0) is 0 Å². The zero-order valence-corrected chi connectivity index (χ0v) is 15.8. The summed E-state index contributed by atoms with van der Waals surface area (Å²) in [6.45, 7) is 2.26. The largest absolute Gasteiger partial charge is 0.506 e. The van der Waals surface area contributed by atoms with Crippen LogP contribution in [0.25, 0.3) is 32.8 Å². The van der Waals surface area contributed by atoms with Crippen LogP contribution < -0.4 is 15.8 Å². The lowest BCUT2D eigenvalue weighted by Crippen LogP contribution is -2.23. The molecule has 0 fully saturated rings. The number of fused-ring (bicyclic) bond motifs is 4. The molecule has 4 rings (SSSR count). The Bertz CT molecular complexity index is 1320. The molecule has 0 radical (unpaired) electrons. The molecule has 0 saturated heterocycles. The highest BCUT2D eigenvalue weighted by Gasteiger charge is 2.22. The van der Waals surface area contributed by atoms with Crippen LogP contribution in [0.5, 0.6) is 11.5 Å². The fourth-order valence-corrected chi connectivity index (χ4v) is 3.42. The second kappa shape index (κ2) is 6.90. The van der Waals surface area contributed by atoms with E-state index in [0.717, 1.165) is 0 Å². The van der Waals surface area contributed by atoms with Crippen LogP contribution in [0.4, 0.5) is 0 Å². The summed E-state index contributed by atoms with van der Waals surface area (Å²) in [5.74, 6) is -1.02. The van der Waals surface area contributed by atoms with Gasteiger partial charge in [0.1, 0.15) is 22.6 Å². The Hall–Kier alpha value is -3.94. The third-order valence-corrected chi connectivity index (χ3v) is 4.72. The van der Waals surface area contributed by atoms with Crippen LogP contribution in [-0.4, -0.2) is 40.5 Å². The molecular formula is C21H18N4O4. The molecule has 0 saturated carbocycles. The molecule has 0 bridgehead atoms. The van der Waals surface area contributed by atoms with Gasteiger partial charge in [0.15, 0.2) is 0 Å². The Morgan fingerprint density at radius 1 is 1.10 bits per heavy atom. The summed E-state index contributed by atoms with van der Waals surface area (Å²) in [5.41, 5.74) is 7.16. The second-order valence-corrected chi connectivity index (χ2v) is 6.45. The van der Waals surface area contributed by atoms with Gasteiger partial charge in [0, 0.05) is 23.4 Å². The van der Waals surface area contributed by atoms with E-state index < -0.39 is 5.91 Å². The maximum absolute atomic E-state index is 12.4. The van der Waals surface area contributed by atoms with Crippen molar-refractivity contribution >= 4 is 44.7 Å². The number of benzene rings is 3. The first-order valence-corrected chi connectivity index (χ1v) is 8.97. The molecule has 0 aliphatic heterocycles. The van der Waals surface area contributed by atoms with Crippen molar-refractivity contribution in [2.45, 2.75) is 6.92 Å². The van der Waals surface area contributed by atoms with Gasteiger partial charge in [0.2, 0.25) is 0 Å². The van der Waals surface area contributed by atoms with Crippen LogP contribution in [0.2, 0.25) is 0 Å². The van der Waals surface area contributed by atoms with Crippen molar-refractivity contribution in [3.05, 3.63) is 47.5 Å². The molecule has 1 aromatic heterocycles. The Morgan fingerprint density at radius 2 is 1.76 bits per heavy atom. The number of rotatable bonds is 4. The first-order chi connectivity index (χ1) is 14.0. The monoisotopic (exact) mass is 390 g/mol. The number of nitrogens with two attached hydrogens (primary N) is 1. The van der Waals surface area contributed by atoms with E-state index in [2.05, 4.69) is 15.3 Å². The number of aromatic nitrogens is 2. The first-order valence-electron chi connectivity index (χ1n) is 8.97. The van der Waals surface area contributed by atoms with E-state index in [1.807, 2.05) is 6.92 Å². The van der Waals surface area contributed by atoms with Crippen molar-refractivity contribution in [1.29, 1.82) is 0 Å². The number of ether oxygens (including phenoxy) is 1. The number of primary amides is 1. The number of carbonyl (C=O) groups excluding carboxylic acids is 2. The summed E-state index contributed by atoms with van der Waals surface area (Å²) in [4.78, 5) is 33.7. The number of amides is 2. The molecule has 0 aliphatic carbocycles. The number of aromatic hydroxyl groups is 1. The fourth-order valence-electron chi connectivity index (χ4n) is 3.42. The minimum absolute atomic E-state index is 0.108. The van der Waals surface area contributed by atoms with Crippen LogP contribution in [0.1, 0.15) is 27.6 Å². The summed E-state index contributed by atoms with van der Waals surface area (Å²) in [7, 11) is 1.47. The van der Waals surface area contributed by atoms with Crippen molar-refractivity contribution in [2.24, 2.45) is 5.73 Å². The van der Waals surface area contributed by atoms with Gasteiger partial charge in [-0.3, -0.25) is 9.59 Å². The lowest BCUT2D eigenvalue weighted by atomic mass is 10.0. The minimum Gasteiger partial charge on any atom is -0.506 e. The number of hydrogen-bond acceptors (Lipinski definition) is 6. The molecule has 2 amide bonds. The fraction of sp³-hybridized carbons (Fsp3) is 0.143. The first kappa shape index (κ1) is 18.4. The molecule has 0 unspecified atom stereocenters. The van der Waals surface area contributed by atoms with Crippen LogP contribution in [0.15, 0.2) is 36.4 Å². The predicted octanol–water partition coefficient (Wildman–Crippen LogP) is 2.50. The standard InChI is InChI=1S/C21H18N4O4/c1-3-23-21(28)12-8-13-14(9-15(12)29-2)24-17-10-6-4-5-7-11(10)19(26)16(20(22)27)18(17)25-13/h4-9,26H,3H2,1-2H3,(H2,22,27)(H,23,28). The van der Waals surface area contributed by atoms with Gasteiger partial charge in [-0.1, -0.05) is 24.3 Å². The molecular weight excluding hydrogens is 372 g/mol. The van der Waals surface area contributed by atoms with E-state index in [-0.39, 0.29) is 22.7 Å². The second-order valence-electron chi connectivity index (χ2n) is 6.45. The molecule has 8 nitrogen and oxygen atoms in total.